The number of hydrogen-bond donors (Lipinski definition) is 2. The minimum Gasteiger partial charge on any atom is -0.497 e. The number of benzene rings is 2. The van der Waals surface area contributed by atoms with Gasteiger partial charge in [-0.25, -0.2) is 0 Å². The lowest BCUT2D eigenvalue weighted by molar-refractivity contribution is -0.122. The fourth-order valence-electron chi connectivity index (χ4n) is 4.26. The van der Waals surface area contributed by atoms with Gasteiger partial charge in [0.05, 0.1) is 43.2 Å². The largest absolute Gasteiger partial charge is 0.497 e. The molecule has 9 heteroatoms. The fourth-order valence-corrected chi connectivity index (χ4v) is 4.26. The summed E-state index contributed by atoms with van der Waals surface area (Å²) in [5, 5.41) is 5.72. The van der Waals surface area contributed by atoms with E-state index in [1.54, 1.807) is 49.6 Å². The van der Waals surface area contributed by atoms with E-state index in [0.717, 1.165) is 12.8 Å². The molecule has 0 unspecified atom stereocenters. The van der Waals surface area contributed by atoms with Crippen LogP contribution in [0, 0.1) is 5.92 Å². The smallest absolute Gasteiger partial charge is 0.253 e. The number of nitrogens with one attached hydrogen (secondary N) is 2. The monoisotopic (exact) mass is 467 g/mol. The summed E-state index contributed by atoms with van der Waals surface area (Å²) in [6.07, 6.45) is 1.99. The molecule has 2 saturated heterocycles. The quantitative estimate of drug-likeness (QED) is 0.618. The molecule has 0 aliphatic carbocycles. The number of hydrogen-bond acceptors (Lipinski definition) is 6. The van der Waals surface area contributed by atoms with Crippen LogP contribution in [0.15, 0.2) is 42.5 Å². The molecular formula is C25H29N3O6. The van der Waals surface area contributed by atoms with Crippen molar-refractivity contribution < 1.29 is 28.6 Å². The van der Waals surface area contributed by atoms with Gasteiger partial charge in [-0.1, -0.05) is 12.1 Å². The molecule has 34 heavy (non-hydrogen) atoms. The van der Waals surface area contributed by atoms with Crippen molar-refractivity contribution in [3.63, 3.8) is 0 Å². The first kappa shape index (κ1) is 23.6. The Balaban J connectivity index is 1.44. The molecule has 180 valence electrons. The molecule has 2 fully saturated rings. The number of para-hydroxylation sites is 1. The maximum absolute atomic E-state index is 13.1. The maximum atomic E-state index is 13.1. The number of methoxy groups -OCH3 is 2. The molecule has 0 saturated carbocycles. The van der Waals surface area contributed by atoms with E-state index in [1.165, 1.54) is 12.0 Å². The number of carbonyl (C=O) groups is 3. The van der Waals surface area contributed by atoms with Crippen molar-refractivity contribution >= 4 is 29.1 Å². The Hall–Kier alpha value is -3.59. The van der Waals surface area contributed by atoms with Gasteiger partial charge in [0.2, 0.25) is 11.8 Å². The van der Waals surface area contributed by atoms with Gasteiger partial charge in [0.1, 0.15) is 11.5 Å². The van der Waals surface area contributed by atoms with Crippen LogP contribution in [0.1, 0.15) is 29.6 Å². The van der Waals surface area contributed by atoms with E-state index in [2.05, 4.69) is 10.6 Å². The highest BCUT2D eigenvalue weighted by molar-refractivity contribution is 6.07. The van der Waals surface area contributed by atoms with Gasteiger partial charge in [-0.05, 0) is 37.1 Å². The molecule has 2 heterocycles. The molecule has 0 aromatic heterocycles. The zero-order chi connectivity index (χ0) is 24.1. The molecule has 0 spiro atoms. The topological polar surface area (TPSA) is 106 Å². The lowest BCUT2D eigenvalue weighted by atomic mass is 10.1. The molecule has 2 atom stereocenters. The average Bonchev–Trinajstić information content (AvgIpc) is 3.52. The lowest BCUT2D eigenvalue weighted by Crippen LogP contribution is -2.33. The van der Waals surface area contributed by atoms with E-state index in [1.807, 2.05) is 0 Å². The Morgan fingerprint density at radius 1 is 1.15 bits per heavy atom. The summed E-state index contributed by atoms with van der Waals surface area (Å²) in [6.45, 7) is 1.34. The van der Waals surface area contributed by atoms with Crippen LogP contribution in [-0.4, -0.2) is 57.7 Å². The van der Waals surface area contributed by atoms with E-state index in [9.17, 15) is 14.4 Å². The molecule has 2 aromatic carbocycles. The molecule has 2 aliphatic rings. The number of amides is 3. The maximum Gasteiger partial charge on any atom is 0.253 e. The minimum absolute atomic E-state index is 0.0230. The summed E-state index contributed by atoms with van der Waals surface area (Å²) in [4.78, 5) is 40.1. The van der Waals surface area contributed by atoms with Crippen molar-refractivity contribution in [1.29, 1.82) is 0 Å². The van der Waals surface area contributed by atoms with E-state index < -0.39 is 5.92 Å². The SMILES string of the molecule is COc1ccc(OC)c(N2C[C@H](C(=O)Nc3ccccc3C(=O)NC[C@@H]3CCCO3)CC2=O)c1. The van der Waals surface area contributed by atoms with E-state index >= 15 is 0 Å². The van der Waals surface area contributed by atoms with Crippen LogP contribution >= 0.6 is 0 Å². The van der Waals surface area contributed by atoms with Gasteiger partial charge in [-0.3, -0.25) is 14.4 Å². The Bertz CT molecular complexity index is 1070. The van der Waals surface area contributed by atoms with Crippen LogP contribution in [0.3, 0.4) is 0 Å². The summed E-state index contributed by atoms with van der Waals surface area (Å²) >= 11 is 0. The summed E-state index contributed by atoms with van der Waals surface area (Å²) in [7, 11) is 3.07. The number of nitrogens with zero attached hydrogens (tertiary/aromatic N) is 1. The van der Waals surface area contributed by atoms with E-state index in [-0.39, 0.29) is 36.8 Å². The highest BCUT2D eigenvalue weighted by Crippen LogP contribution is 2.36. The van der Waals surface area contributed by atoms with Gasteiger partial charge in [0.15, 0.2) is 0 Å². The van der Waals surface area contributed by atoms with Crippen molar-refractivity contribution in [1.82, 2.24) is 5.32 Å². The summed E-state index contributed by atoms with van der Waals surface area (Å²) in [5.41, 5.74) is 1.32. The third kappa shape index (κ3) is 5.14. The molecule has 2 N–H and O–H groups in total. The molecule has 2 aliphatic heterocycles. The van der Waals surface area contributed by atoms with Crippen molar-refractivity contribution in [2.75, 3.05) is 44.1 Å². The zero-order valence-corrected chi connectivity index (χ0v) is 19.3. The molecule has 3 amide bonds. The Morgan fingerprint density at radius 3 is 2.71 bits per heavy atom. The van der Waals surface area contributed by atoms with Gasteiger partial charge in [-0.15, -0.1) is 0 Å². The first-order valence-corrected chi connectivity index (χ1v) is 11.3. The number of anilines is 2. The van der Waals surface area contributed by atoms with Crippen LogP contribution in [-0.2, 0) is 14.3 Å². The molecule has 4 rings (SSSR count). The predicted octanol–water partition coefficient (Wildman–Crippen LogP) is 2.60. The Labute approximate surface area is 198 Å². The number of rotatable bonds is 8. The van der Waals surface area contributed by atoms with Crippen molar-refractivity contribution in [3.8, 4) is 11.5 Å². The van der Waals surface area contributed by atoms with Crippen LogP contribution in [0.2, 0.25) is 0 Å². The van der Waals surface area contributed by atoms with Crippen molar-refractivity contribution in [2.24, 2.45) is 5.92 Å². The predicted molar refractivity (Wildman–Crippen MR) is 126 cm³/mol. The van der Waals surface area contributed by atoms with Crippen LogP contribution in [0.25, 0.3) is 0 Å². The first-order chi connectivity index (χ1) is 16.5. The number of carbonyl (C=O) groups excluding carboxylic acids is 3. The Morgan fingerprint density at radius 2 is 1.97 bits per heavy atom. The van der Waals surface area contributed by atoms with Gasteiger partial charge >= 0.3 is 0 Å². The third-order valence-corrected chi connectivity index (χ3v) is 6.12. The first-order valence-electron chi connectivity index (χ1n) is 11.3. The third-order valence-electron chi connectivity index (χ3n) is 6.12. The molecule has 0 radical (unpaired) electrons. The van der Waals surface area contributed by atoms with Gasteiger partial charge in [0, 0.05) is 32.2 Å². The summed E-state index contributed by atoms with van der Waals surface area (Å²) in [6, 6.07) is 12.0. The highest BCUT2D eigenvalue weighted by atomic mass is 16.5. The summed E-state index contributed by atoms with van der Waals surface area (Å²) < 4.78 is 16.2. The minimum atomic E-state index is -0.577. The second kappa shape index (κ2) is 10.6. The fraction of sp³-hybridized carbons (Fsp3) is 0.400. The molecular weight excluding hydrogens is 438 g/mol. The van der Waals surface area contributed by atoms with Gasteiger partial charge < -0.3 is 29.7 Å². The van der Waals surface area contributed by atoms with Crippen LogP contribution in [0.4, 0.5) is 11.4 Å². The normalized spacial score (nSPS) is 19.7. The standard InChI is InChI=1S/C25H29N3O6/c1-32-17-9-10-22(33-2)21(13-17)28-15-16(12-23(28)29)24(30)27-20-8-4-3-7-19(20)25(31)26-14-18-6-5-11-34-18/h3-4,7-10,13,16,18H,5-6,11-12,14-15H2,1-2H3,(H,26,31)(H,27,30)/t16-,18+/m1/s1. The molecule has 2 aromatic rings. The highest BCUT2D eigenvalue weighted by Gasteiger charge is 2.37. The second-order valence-corrected chi connectivity index (χ2v) is 8.32. The second-order valence-electron chi connectivity index (χ2n) is 8.32. The van der Waals surface area contributed by atoms with Crippen molar-refractivity contribution in [3.05, 3.63) is 48.0 Å². The molecule has 9 nitrogen and oxygen atoms in total. The van der Waals surface area contributed by atoms with Gasteiger partial charge in [-0.2, -0.15) is 0 Å². The van der Waals surface area contributed by atoms with E-state index in [4.69, 9.17) is 14.2 Å². The Kier molecular flexibility index (Phi) is 7.32. The zero-order valence-electron chi connectivity index (χ0n) is 19.3. The molecule has 0 bridgehead atoms. The van der Waals surface area contributed by atoms with Crippen LogP contribution in [0.5, 0.6) is 11.5 Å². The van der Waals surface area contributed by atoms with Crippen LogP contribution < -0.4 is 25.0 Å². The lowest BCUT2D eigenvalue weighted by Gasteiger charge is -2.20. The summed E-state index contributed by atoms with van der Waals surface area (Å²) in [5.74, 6) is -0.266. The van der Waals surface area contributed by atoms with E-state index in [0.29, 0.717) is 41.6 Å². The van der Waals surface area contributed by atoms with Crippen molar-refractivity contribution in [2.45, 2.75) is 25.4 Å². The van der Waals surface area contributed by atoms with Gasteiger partial charge in [0.25, 0.3) is 5.91 Å². The average molecular weight is 468 g/mol. The number of ether oxygens (including phenoxy) is 3.